The fourth-order valence-electron chi connectivity index (χ4n) is 0.925. The van der Waals surface area contributed by atoms with Gasteiger partial charge in [-0.15, -0.1) is 11.8 Å². The number of nitrogens with zero attached hydrogens (tertiary/aromatic N) is 1. The summed E-state index contributed by atoms with van der Waals surface area (Å²) in [4.78, 5) is 12.1. The Morgan fingerprint density at radius 1 is 1.43 bits per heavy atom. The fraction of sp³-hybridized carbons (Fsp3) is 0.300. The second-order valence-electron chi connectivity index (χ2n) is 2.91. The number of halogens is 1. The zero-order valence-electron chi connectivity index (χ0n) is 7.94. The van der Waals surface area contributed by atoms with E-state index in [1.165, 1.54) is 10.5 Å². The van der Waals surface area contributed by atoms with Crippen molar-refractivity contribution >= 4 is 28.7 Å². The summed E-state index contributed by atoms with van der Waals surface area (Å²) in [6.07, 6.45) is 0. The Kier molecular flexibility index (Phi) is 4.84. The fourth-order valence-corrected chi connectivity index (χ4v) is 1.97. The first-order valence-corrected chi connectivity index (χ1v) is 5.75. The van der Waals surface area contributed by atoms with Gasteiger partial charge in [0.2, 0.25) is 0 Å². The van der Waals surface area contributed by atoms with Crippen LogP contribution in [0.3, 0.4) is 0 Å². The molecule has 1 rings (SSSR count). The van der Waals surface area contributed by atoms with E-state index in [1.54, 1.807) is 18.8 Å². The molecule has 0 saturated carbocycles. The van der Waals surface area contributed by atoms with Gasteiger partial charge < -0.3 is 4.90 Å². The predicted molar refractivity (Wildman–Crippen MR) is 61.6 cm³/mol. The summed E-state index contributed by atoms with van der Waals surface area (Å²) in [6.45, 7) is 0. The Balaban J connectivity index is 2.26. The van der Waals surface area contributed by atoms with Crippen LogP contribution in [0.5, 0.6) is 0 Å². The van der Waals surface area contributed by atoms with Crippen molar-refractivity contribution in [2.24, 2.45) is 0 Å². The third kappa shape index (κ3) is 4.03. The van der Waals surface area contributed by atoms with Gasteiger partial charge in [-0.1, -0.05) is 30.3 Å². The number of carbonyl (C=O) groups is 1. The molecule has 0 bridgehead atoms. The lowest BCUT2D eigenvalue weighted by Crippen LogP contribution is -2.19. The number of benzene rings is 1. The Bertz CT molecular complexity index is 291. The summed E-state index contributed by atoms with van der Waals surface area (Å²) in [5.74, 6) is 1.52. The minimum absolute atomic E-state index is 0.412. The molecule has 0 aliphatic heterocycles. The summed E-state index contributed by atoms with van der Waals surface area (Å²) >= 11 is 6.95. The van der Waals surface area contributed by atoms with E-state index in [1.807, 2.05) is 18.2 Å². The maximum absolute atomic E-state index is 10.7. The lowest BCUT2D eigenvalue weighted by molar-refractivity contribution is 0.238. The molecule has 0 N–H and O–H groups in total. The second-order valence-corrected chi connectivity index (χ2v) is 4.19. The molecule has 14 heavy (non-hydrogen) atoms. The van der Waals surface area contributed by atoms with E-state index in [9.17, 15) is 4.79 Å². The van der Waals surface area contributed by atoms with Crippen molar-refractivity contribution in [1.82, 2.24) is 4.90 Å². The highest BCUT2D eigenvalue weighted by Gasteiger charge is 2.03. The van der Waals surface area contributed by atoms with E-state index in [0.717, 1.165) is 5.75 Å². The molecule has 1 aromatic carbocycles. The number of rotatable bonds is 4. The standard InChI is InChI=1S/C10H12ClNOS/c1-12(10(11)13)8-14-7-9-5-3-2-4-6-9/h2-6H,7-8H2,1H3. The van der Waals surface area contributed by atoms with Crippen molar-refractivity contribution in [3.63, 3.8) is 0 Å². The minimum Gasteiger partial charge on any atom is -0.323 e. The third-order valence-corrected chi connectivity index (χ3v) is 3.09. The van der Waals surface area contributed by atoms with Crippen molar-refractivity contribution < 1.29 is 4.79 Å². The maximum atomic E-state index is 10.7. The van der Waals surface area contributed by atoms with Gasteiger partial charge in [0.1, 0.15) is 0 Å². The van der Waals surface area contributed by atoms with Crippen LogP contribution in [-0.2, 0) is 5.75 Å². The molecular weight excluding hydrogens is 218 g/mol. The summed E-state index contributed by atoms with van der Waals surface area (Å²) in [5, 5.41) is -0.412. The highest BCUT2D eigenvalue weighted by molar-refractivity contribution is 7.98. The third-order valence-electron chi connectivity index (χ3n) is 1.70. The Morgan fingerprint density at radius 2 is 2.07 bits per heavy atom. The second kappa shape index (κ2) is 5.94. The van der Waals surface area contributed by atoms with Crippen LogP contribution in [0.1, 0.15) is 5.56 Å². The summed E-state index contributed by atoms with van der Waals surface area (Å²) in [5.41, 5.74) is 1.26. The van der Waals surface area contributed by atoms with Gasteiger partial charge in [0, 0.05) is 12.8 Å². The molecule has 4 heteroatoms. The van der Waals surface area contributed by atoms with Crippen LogP contribution < -0.4 is 0 Å². The maximum Gasteiger partial charge on any atom is 0.316 e. The van der Waals surface area contributed by atoms with Crippen LogP contribution in [0, 0.1) is 0 Å². The Hall–Kier alpha value is -0.670. The van der Waals surface area contributed by atoms with E-state index in [0.29, 0.717) is 5.88 Å². The van der Waals surface area contributed by atoms with Crippen LogP contribution in [0.4, 0.5) is 4.79 Å². The number of thioether (sulfide) groups is 1. The first kappa shape index (κ1) is 11.4. The first-order valence-electron chi connectivity index (χ1n) is 4.22. The van der Waals surface area contributed by atoms with Crippen molar-refractivity contribution in [3.8, 4) is 0 Å². The predicted octanol–water partition coefficient (Wildman–Crippen LogP) is 3.17. The normalized spacial score (nSPS) is 9.86. The molecule has 0 aliphatic rings. The lowest BCUT2D eigenvalue weighted by atomic mass is 10.2. The van der Waals surface area contributed by atoms with Gasteiger partial charge in [0.05, 0.1) is 5.88 Å². The van der Waals surface area contributed by atoms with Gasteiger partial charge in [-0.3, -0.25) is 4.79 Å². The van der Waals surface area contributed by atoms with Crippen LogP contribution in [0.25, 0.3) is 0 Å². The largest absolute Gasteiger partial charge is 0.323 e. The quantitative estimate of drug-likeness (QED) is 0.449. The van der Waals surface area contributed by atoms with Crippen molar-refractivity contribution in [1.29, 1.82) is 0 Å². The van der Waals surface area contributed by atoms with Gasteiger partial charge in [-0.05, 0) is 17.2 Å². The molecule has 1 aromatic rings. The van der Waals surface area contributed by atoms with E-state index in [2.05, 4.69) is 12.1 Å². The molecule has 0 aliphatic carbocycles. The molecule has 76 valence electrons. The van der Waals surface area contributed by atoms with Crippen LogP contribution in [-0.4, -0.2) is 23.2 Å². The van der Waals surface area contributed by atoms with Crippen LogP contribution in [0.15, 0.2) is 30.3 Å². The molecular formula is C10H12ClNOS. The van der Waals surface area contributed by atoms with Crippen molar-refractivity contribution in [2.75, 3.05) is 12.9 Å². The van der Waals surface area contributed by atoms with Gasteiger partial charge in [-0.2, -0.15) is 0 Å². The summed E-state index contributed by atoms with van der Waals surface area (Å²) in [6, 6.07) is 10.1. The van der Waals surface area contributed by atoms with E-state index < -0.39 is 5.37 Å². The average molecular weight is 230 g/mol. The van der Waals surface area contributed by atoms with Gasteiger partial charge >= 0.3 is 5.37 Å². The van der Waals surface area contributed by atoms with Gasteiger partial charge in [-0.25, -0.2) is 0 Å². The number of carbonyl (C=O) groups excluding carboxylic acids is 1. The lowest BCUT2D eigenvalue weighted by Gasteiger charge is -2.12. The SMILES string of the molecule is CN(CSCc1ccccc1)C(=O)Cl. The van der Waals surface area contributed by atoms with E-state index in [4.69, 9.17) is 11.6 Å². The van der Waals surface area contributed by atoms with E-state index in [-0.39, 0.29) is 0 Å². The highest BCUT2D eigenvalue weighted by Crippen LogP contribution is 2.12. The Labute approximate surface area is 93.2 Å². The number of amides is 1. The first-order chi connectivity index (χ1) is 6.70. The van der Waals surface area contributed by atoms with Crippen molar-refractivity contribution in [2.45, 2.75) is 5.75 Å². The molecule has 0 saturated heterocycles. The molecule has 0 radical (unpaired) electrons. The topological polar surface area (TPSA) is 20.3 Å². The minimum atomic E-state index is -0.412. The monoisotopic (exact) mass is 229 g/mol. The Morgan fingerprint density at radius 3 is 2.64 bits per heavy atom. The molecule has 2 nitrogen and oxygen atoms in total. The van der Waals surface area contributed by atoms with Crippen LogP contribution >= 0.6 is 23.4 Å². The molecule has 0 unspecified atom stereocenters. The van der Waals surface area contributed by atoms with Gasteiger partial charge in [0.15, 0.2) is 0 Å². The average Bonchev–Trinajstić information content (AvgIpc) is 2.19. The molecule has 0 fully saturated rings. The summed E-state index contributed by atoms with van der Waals surface area (Å²) in [7, 11) is 1.69. The summed E-state index contributed by atoms with van der Waals surface area (Å²) < 4.78 is 0. The number of hydrogen-bond donors (Lipinski definition) is 0. The molecule has 0 atom stereocenters. The van der Waals surface area contributed by atoms with Crippen molar-refractivity contribution in [3.05, 3.63) is 35.9 Å². The zero-order chi connectivity index (χ0) is 10.4. The molecule has 0 spiro atoms. The van der Waals surface area contributed by atoms with E-state index >= 15 is 0 Å². The highest BCUT2D eigenvalue weighted by atomic mass is 35.5. The smallest absolute Gasteiger partial charge is 0.316 e. The number of hydrogen-bond acceptors (Lipinski definition) is 2. The van der Waals surface area contributed by atoms with Crippen LogP contribution in [0.2, 0.25) is 0 Å². The van der Waals surface area contributed by atoms with Gasteiger partial charge in [0.25, 0.3) is 0 Å². The molecule has 1 amide bonds. The molecule has 0 heterocycles. The molecule has 0 aromatic heterocycles. The zero-order valence-corrected chi connectivity index (χ0v) is 9.52.